The molecule has 1 saturated heterocycles. The number of rotatable bonds is 4. The molecule has 20 heavy (non-hydrogen) atoms. The van der Waals surface area contributed by atoms with Crippen LogP contribution in [0.1, 0.15) is 40.5 Å². The molecule has 8 heteroatoms. The Bertz CT molecular complexity index is 483. The topological polar surface area (TPSA) is 52.1 Å². The minimum absolute atomic E-state index is 0.00231. The molecule has 1 aromatic heterocycles. The zero-order chi connectivity index (χ0) is 14.5. The van der Waals surface area contributed by atoms with Crippen LogP contribution in [0.25, 0.3) is 0 Å². The average Bonchev–Trinajstić information content (AvgIpc) is 2.47. The fourth-order valence-electron chi connectivity index (χ4n) is 1.73. The first kappa shape index (κ1) is 15.5. The van der Waals surface area contributed by atoms with Gasteiger partial charge in [-0.15, -0.1) is 11.8 Å². The second kappa shape index (κ2) is 7.21. The molecule has 0 aliphatic carbocycles. The third-order valence-corrected chi connectivity index (χ3v) is 5.39. The third-order valence-electron chi connectivity index (χ3n) is 2.64. The van der Waals surface area contributed by atoms with Gasteiger partial charge in [0.2, 0.25) is 0 Å². The molecule has 0 radical (unpaired) electrons. The first-order valence-electron chi connectivity index (χ1n) is 6.15. The van der Waals surface area contributed by atoms with Crippen LogP contribution < -0.4 is 0 Å². The van der Waals surface area contributed by atoms with Gasteiger partial charge in [-0.25, -0.2) is 23.5 Å². The Morgan fingerprint density at radius 1 is 1.55 bits per heavy atom. The number of halogens is 2. The maximum Gasteiger partial charge on any atom is 0.341 e. The van der Waals surface area contributed by atoms with Crippen molar-refractivity contribution in [1.82, 2.24) is 9.97 Å². The van der Waals surface area contributed by atoms with Gasteiger partial charge in [0.1, 0.15) is 17.1 Å². The molecule has 1 aliphatic heterocycles. The molecule has 1 fully saturated rings. The summed E-state index contributed by atoms with van der Waals surface area (Å²) in [5, 5.41) is 0.00231. The normalized spacial score (nSPS) is 19.1. The minimum atomic E-state index is -2.82. The molecule has 1 unspecified atom stereocenters. The predicted molar refractivity (Wildman–Crippen MR) is 75.5 cm³/mol. The molecule has 0 N–H and O–H groups in total. The summed E-state index contributed by atoms with van der Waals surface area (Å²) >= 11 is 3.41. The molecule has 4 nitrogen and oxygen atoms in total. The van der Waals surface area contributed by atoms with E-state index >= 15 is 0 Å². The van der Waals surface area contributed by atoms with Crippen LogP contribution >= 0.6 is 23.5 Å². The highest BCUT2D eigenvalue weighted by Crippen LogP contribution is 2.35. The van der Waals surface area contributed by atoms with Gasteiger partial charge >= 0.3 is 5.97 Å². The molecule has 0 aromatic carbocycles. The van der Waals surface area contributed by atoms with Crippen LogP contribution in [-0.4, -0.2) is 39.8 Å². The average molecular weight is 320 g/mol. The molecular formula is C12H14F2N2O2S2. The quantitative estimate of drug-likeness (QED) is 0.795. The Morgan fingerprint density at radius 2 is 2.35 bits per heavy atom. The van der Waals surface area contributed by atoms with Crippen LogP contribution in [0.5, 0.6) is 0 Å². The lowest BCUT2D eigenvalue weighted by Crippen LogP contribution is -2.16. The molecule has 0 saturated carbocycles. The predicted octanol–water partition coefficient (Wildman–Crippen LogP) is 3.11. The zero-order valence-electron chi connectivity index (χ0n) is 10.8. The van der Waals surface area contributed by atoms with Crippen molar-refractivity contribution in [2.75, 3.05) is 23.9 Å². The highest BCUT2D eigenvalue weighted by molar-refractivity contribution is 8.06. The standard InChI is InChI=1S/C12H14F2N2O2S2/c1-2-18-12(17)7-5-15-11(16-9(7)10(13)14)8-6-19-3-4-20-8/h5,8,10H,2-4,6H2,1H3. The van der Waals surface area contributed by atoms with Gasteiger partial charge in [0, 0.05) is 23.5 Å². The summed E-state index contributed by atoms with van der Waals surface area (Å²) in [6.07, 6.45) is -1.67. The fraction of sp³-hybridized carbons (Fsp3) is 0.583. The first-order chi connectivity index (χ1) is 9.63. The minimum Gasteiger partial charge on any atom is -0.462 e. The molecule has 2 rings (SSSR count). The van der Waals surface area contributed by atoms with E-state index in [-0.39, 0.29) is 17.4 Å². The molecule has 1 aliphatic rings. The third kappa shape index (κ3) is 3.60. The van der Waals surface area contributed by atoms with Gasteiger partial charge in [-0.1, -0.05) is 0 Å². The van der Waals surface area contributed by atoms with Crippen molar-refractivity contribution < 1.29 is 18.3 Å². The van der Waals surface area contributed by atoms with Crippen LogP contribution in [0.2, 0.25) is 0 Å². The van der Waals surface area contributed by atoms with Crippen LogP contribution in [0.15, 0.2) is 6.20 Å². The molecule has 2 heterocycles. The second-order valence-electron chi connectivity index (χ2n) is 3.98. The fourth-order valence-corrected chi connectivity index (χ4v) is 4.34. The summed E-state index contributed by atoms with van der Waals surface area (Å²) in [4.78, 5) is 19.6. The van der Waals surface area contributed by atoms with E-state index in [0.29, 0.717) is 5.82 Å². The number of alkyl halides is 2. The number of carbonyl (C=O) groups excluding carboxylic acids is 1. The lowest BCUT2D eigenvalue weighted by Gasteiger charge is -2.20. The molecular weight excluding hydrogens is 306 g/mol. The summed E-state index contributed by atoms with van der Waals surface area (Å²) in [6, 6.07) is 0. The van der Waals surface area contributed by atoms with Crippen molar-refractivity contribution in [2.45, 2.75) is 18.6 Å². The van der Waals surface area contributed by atoms with E-state index in [2.05, 4.69) is 9.97 Å². The lowest BCUT2D eigenvalue weighted by molar-refractivity contribution is 0.0512. The first-order valence-corrected chi connectivity index (χ1v) is 8.35. The summed E-state index contributed by atoms with van der Waals surface area (Å²) in [5.74, 6) is 2.35. The number of nitrogens with zero attached hydrogens (tertiary/aromatic N) is 2. The van der Waals surface area contributed by atoms with Gasteiger partial charge in [0.15, 0.2) is 0 Å². The van der Waals surface area contributed by atoms with E-state index in [1.165, 1.54) is 0 Å². The summed E-state index contributed by atoms with van der Waals surface area (Å²) in [5.41, 5.74) is -0.788. The largest absolute Gasteiger partial charge is 0.462 e. The van der Waals surface area contributed by atoms with Crippen LogP contribution in [-0.2, 0) is 4.74 Å². The van der Waals surface area contributed by atoms with E-state index < -0.39 is 18.1 Å². The number of ether oxygens (including phenoxy) is 1. The van der Waals surface area contributed by atoms with Gasteiger partial charge in [-0.05, 0) is 6.92 Å². The molecule has 0 amide bonds. The number of carbonyl (C=O) groups is 1. The highest BCUT2D eigenvalue weighted by Gasteiger charge is 2.26. The van der Waals surface area contributed by atoms with Crippen LogP contribution in [0, 0.1) is 0 Å². The molecule has 110 valence electrons. The van der Waals surface area contributed by atoms with Crippen molar-refractivity contribution in [3.05, 3.63) is 23.3 Å². The van der Waals surface area contributed by atoms with Gasteiger partial charge in [0.05, 0.1) is 11.9 Å². The maximum absolute atomic E-state index is 13.1. The maximum atomic E-state index is 13.1. The Balaban J connectivity index is 2.29. The van der Waals surface area contributed by atoms with Crippen molar-refractivity contribution >= 4 is 29.5 Å². The van der Waals surface area contributed by atoms with E-state index in [9.17, 15) is 13.6 Å². The summed E-state index contributed by atoms with van der Waals surface area (Å²) in [6.45, 7) is 1.74. The van der Waals surface area contributed by atoms with E-state index in [4.69, 9.17) is 4.74 Å². The lowest BCUT2D eigenvalue weighted by atomic mass is 10.2. The van der Waals surface area contributed by atoms with Crippen molar-refractivity contribution in [3.63, 3.8) is 0 Å². The zero-order valence-corrected chi connectivity index (χ0v) is 12.5. The number of thioether (sulfide) groups is 2. The van der Waals surface area contributed by atoms with Crippen LogP contribution in [0.4, 0.5) is 8.78 Å². The highest BCUT2D eigenvalue weighted by atomic mass is 32.2. The Morgan fingerprint density at radius 3 is 2.95 bits per heavy atom. The van der Waals surface area contributed by atoms with E-state index in [1.807, 2.05) is 0 Å². The number of hydrogen-bond acceptors (Lipinski definition) is 6. The molecule has 0 bridgehead atoms. The summed E-state index contributed by atoms with van der Waals surface area (Å²) < 4.78 is 30.9. The molecule has 1 atom stereocenters. The SMILES string of the molecule is CCOC(=O)c1cnc(C2CSCCS2)nc1C(F)F. The monoisotopic (exact) mass is 320 g/mol. The van der Waals surface area contributed by atoms with Crippen molar-refractivity contribution in [1.29, 1.82) is 0 Å². The Labute approximate surface area is 124 Å². The Hall–Kier alpha value is -0.890. The van der Waals surface area contributed by atoms with Crippen LogP contribution in [0.3, 0.4) is 0 Å². The van der Waals surface area contributed by atoms with Gasteiger partial charge in [-0.2, -0.15) is 11.8 Å². The summed E-state index contributed by atoms with van der Waals surface area (Å²) in [7, 11) is 0. The van der Waals surface area contributed by atoms with E-state index in [0.717, 1.165) is 23.5 Å². The van der Waals surface area contributed by atoms with Crippen molar-refractivity contribution in [2.24, 2.45) is 0 Å². The number of aromatic nitrogens is 2. The number of hydrogen-bond donors (Lipinski definition) is 0. The van der Waals surface area contributed by atoms with E-state index in [1.54, 1.807) is 30.4 Å². The van der Waals surface area contributed by atoms with Gasteiger partial charge in [0.25, 0.3) is 6.43 Å². The van der Waals surface area contributed by atoms with Gasteiger partial charge < -0.3 is 4.74 Å². The van der Waals surface area contributed by atoms with Crippen molar-refractivity contribution in [3.8, 4) is 0 Å². The molecule has 1 aromatic rings. The molecule has 0 spiro atoms. The smallest absolute Gasteiger partial charge is 0.341 e. The van der Waals surface area contributed by atoms with Gasteiger partial charge in [-0.3, -0.25) is 0 Å². The Kier molecular flexibility index (Phi) is 5.59. The number of esters is 1. The second-order valence-corrected chi connectivity index (χ2v) is 6.44.